The number of imidazole rings is 1. The van der Waals surface area contributed by atoms with Crippen molar-refractivity contribution in [3.05, 3.63) is 45.2 Å². The average molecular weight is 353 g/mol. The zero-order valence-corrected chi connectivity index (χ0v) is 14.6. The number of primary amides is 1. The highest BCUT2D eigenvalue weighted by atomic mass is 35.5. The molecule has 1 aliphatic rings. The topological polar surface area (TPSA) is 83.8 Å². The van der Waals surface area contributed by atoms with Crippen molar-refractivity contribution in [1.29, 1.82) is 0 Å². The van der Waals surface area contributed by atoms with Crippen LogP contribution >= 0.6 is 23.2 Å². The molecule has 4 N–H and O–H groups in total. The van der Waals surface area contributed by atoms with E-state index in [1.807, 2.05) is 19.1 Å². The van der Waals surface area contributed by atoms with Crippen LogP contribution in [0.15, 0.2) is 18.2 Å². The van der Waals surface area contributed by atoms with Crippen LogP contribution < -0.4 is 11.1 Å². The van der Waals surface area contributed by atoms with Crippen LogP contribution in [-0.2, 0) is 0 Å². The summed E-state index contributed by atoms with van der Waals surface area (Å²) < 4.78 is 0. The molecule has 5 nitrogen and oxygen atoms in total. The Morgan fingerprint density at radius 1 is 1.26 bits per heavy atom. The first kappa shape index (κ1) is 16.1. The fourth-order valence-electron chi connectivity index (χ4n) is 3.48. The Balaban J connectivity index is 1.95. The molecule has 1 aliphatic carbocycles. The number of aromatic nitrogens is 2. The lowest BCUT2D eigenvalue weighted by atomic mass is 10.0. The molecule has 1 heterocycles. The third-order valence-electron chi connectivity index (χ3n) is 4.53. The number of amides is 2. The minimum absolute atomic E-state index is 0.0258. The van der Waals surface area contributed by atoms with Crippen molar-refractivity contribution in [3.63, 3.8) is 0 Å². The molecular weight excluding hydrogens is 335 g/mol. The predicted octanol–water partition coefficient (Wildman–Crippen LogP) is 4.42. The van der Waals surface area contributed by atoms with Gasteiger partial charge in [-0.05, 0) is 42.0 Å². The molecule has 7 heteroatoms. The zero-order chi connectivity index (χ0) is 16.9. The van der Waals surface area contributed by atoms with Crippen molar-refractivity contribution in [3.8, 4) is 0 Å². The van der Waals surface area contributed by atoms with Gasteiger partial charge in [0.25, 0.3) is 0 Å². The summed E-state index contributed by atoms with van der Waals surface area (Å²) in [4.78, 5) is 18.5. The molecule has 2 aromatic rings. The number of H-pyrrole nitrogens is 1. The molecule has 0 unspecified atom stereocenters. The van der Waals surface area contributed by atoms with Gasteiger partial charge in [-0.2, -0.15) is 0 Å². The smallest absolute Gasteiger partial charge is 0.318 e. The fourth-order valence-corrected chi connectivity index (χ4v) is 4.02. The maximum atomic E-state index is 11.0. The molecule has 23 heavy (non-hydrogen) atoms. The summed E-state index contributed by atoms with van der Waals surface area (Å²) in [6, 6.07) is 4.99. The highest BCUT2D eigenvalue weighted by Gasteiger charge is 2.60. The predicted molar refractivity (Wildman–Crippen MR) is 92.3 cm³/mol. The molecule has 122 valence electrons. The maximum Gasteiger partial charge on any atom is 0.318 e. The molecule has 0 aliphatic heterocycles. The molecule has 1 fully saturated rings. The van der Waals surface area contributed by atoms with Gasteiger partial charge in [0.1, 0.15) is 0 Å². The molecular formula is C16H18Cl2N4O. The largest absolute Gasteiger partial charge is 0.351 e. The van der Waals surface area contributed by atoms with Crippen LogP contribution in [-0.4, -0.2) is 16.0 Å². The number of halogens is 2. The maximum absolute atomic E-state index is 11.0. The molecule has 2 amide bonds. The number of benzene rings is 1. The molecule has 1 aromatic carbocycles. The summed E-state index contributed by atoms with van der Waals surface area (Å²) in [5.41, 5.74) is 8.12. The Kier molecular flexibility index (Phi) is 3.81. The Morgan fingerprint density at radius 3 is 2.43 bits per heavy atom. The van der Waals surface area contributed by atoms with E-state index in [4.69, 9.17) is 28.9 Å². The quantitative estimate of drug-likeness (QED) is 0.763. The minimum atomic E-state index is -0.640. The second kappa shape index (κ2) is 5.42. The summed E-state index contributed by atoms with van der Waals surface area (Å²) in [5.74, 6) is 0.856. The second-order valence-electron chi connectivity index (χ2n) is 6.56. The summed E-state index contributed by atoms with van der Waals surface area (Å²) >= 11 is 12.3. The monoisotopic (exact) mass is 352 g/mol. The molecule has 2 atom stereocenters. The van der Waals surface area contributed by atoms with Gasteiger partial charge in [-0.15, -0.1) is 0 Å². The Hall–Kier alpha value is -1.72. The number of hydrogen-bond donors (Lipinski definition) is 3. The van der Waals surface area contributed by atoms with E-state index in [1.54, 1.807) is 6.07 Å². The number of anilines is 1. The fraction of sp³-hybridized carbons (Fsp3) is 0.375. The van der Waals surface area contributed by atoms with Gasteiger partial charge in [-0.1, -0.05) is 37.0 Å². The molecule has 1 saturated carbocycles. The van der Waals surface area contributed by atoms with Crippen LogP contribution in [0.3, 0.4) is 0 Å². The average Bonchev–Trinajstić information content (AvgIpc) is 2.77. The van der Waals surface area contributed by atoms with E-state index in [-0.39, 0.29) is 17.3 Å². The van der Waals surface area contributed by atoms with Crippen LogP contribution in [0.25, 0.3) is 0 Å². The van der Waals surface area contributed by atoms with Gasteiger partial charge in [-0.25, -0.2) is 9.78 Å². The Labute approximate surface area is 144 Å². The van der Waals surface area contributed by atoms with Gasteiger partial charge >= 0.3 is 6.03 Å². The lowest BCUT2D eigenvalue weighted by Crippen LogP contribution is -2.20. The number of rotatable bonds is 3. The number of urea groups is 1. The molecule has 0 bridgehead atoms. The molecule has 3 rings (SSSR count). The summed E-state index contributed by atoms with van der Waals surface area (Å²) in [6.07, 6.45) is 0. The number of carbonyl (C=O) groups excluding carboxylic acids is 1. The SMILES string of the molecule is Cc1[nH]c(NC(N)=O)nc1[C@@H]1[C@@H](c2cc(Cl)cc(Cl)c2)C1(C)C. The summed E-state index contributed by atoms with van der Waals surface area (Å²) in [5, 5.41) is 3.74. The van der Waals surface area contributed by atoms with Crippen molar-refractivity contribution in [2.75, 3.05) is 5.32 Å². The van der Waals surface area contributed by atoms with Gasteiger partial charge in [0, 0.05) is 21.7 Å². The first-order chi connectivity index (χ1) is 10.7. The van der Waals surface area contributed by atoms with E-state index in [0.717, 1.165) is 17.0 Å². The van der Waals surface area contributed by atoms with Gasteiger partial charge in [0.2, 0.25) is 5.95 Å². The zero-order valence-electron chi connectivity index (χ0n) is 13.1. The number of hydrogen-bond acceptors (Lipinski definition) is 2. The first-order valence-corrected chi connectivity index (χ1v) is 8.04. The Morgan fingerprint density at radius 2 is 1.87 bits per heavy atom. The minimum Gasteiger partial charge on any atom is -0.351 e. The Bertz CT molecular complexity index is 764. The van der Waals surface area contributed by atoms with E-state index in [9.17, 15) is 4.79 Å². The third-order valence-corrected chi connectivity index (χ3v) is 4.97. The summed E-state index contributed by atoms with van der Waals surface area (Å²) in [6.45, 7) is 6.31. The summed E-state index contributed by atoms with van der Waals surface area (Å²) in [7, 11) is 0. The highest BCUT2D eigenvalue weighted by Crippen LogP contribution is 2.70. The molecule has 0 saturated heterocycles. The van der Waals surface area contributed by atoms with E-state index < -0.39 is 6.03 Å². The van der Waals surface area contributed by atoms with Crippen LogP contribution in [0, 0.1) is 12.3 Å². The van der Waals surface area contributed by atoms with Gasteiger partial charge in [-0.3, -0.25) is 5.32 Å². The molecule has 1 aromatic heterocycles. The number of aryl methyl sites for hydroxylation is 1. The van der Waals surface area contributed by atoms with Crippen molar-refractivity contribution in [2.45, 2.75) is 32.6 Å². The van der Waals surface area contributed by atoms with Crippen molar-refractivity contribution < 1.29 is 4.79 Å². The second-order valence-corrected chi connectivity index (χ2v) is 7.44. The first-order valence-electron chi connectivity index (χ1n) is 7.29. The lowest BCUT2D eigenvalue weighted by Gasteiger charge is -2.04. The normalized spacial score (nSPS) is 22.0. The van der Waals surface area contributed by atoms with Gasteiger partial charge < -0.3 is 10.7 Å². The lowest BCUT2D eigenvalue weighted by molar-refractivity contribution is 0.259. The standard InChI is InChI=1S/C16H18Cl2N4O/c1-7-13(21-15(20-7)22-14(19)23)12-11(16(12,2)3)8-4-9(17)6-10(18)5-8/h4-6,11-12H,1-3H3,(H4,19,20,21,22,23)/t11-,12+/m1/s1. The highest BCUT2D eigenvalue weighted by molar-refractivity contribution is 6.34. The van der Waals surface area contributed by atoms with Crippen LogP contribution in [0.1, 0.15) is 42.6 Å². The third kappa shape index (κ3) is 2.91. The van der Waals surface area contributed by atoms with Crippen molar-refractivity contribution in [2.24, 2.45) is 11.1 Å². The number of nitrogens with two attached hydrogens (primary N) is 1. The number of nitrogens with one attached hydrogen (secondary N) is 2. The van der Waals surface area contributed by atoms with E-state index in [1.165, 1.54) is 0 Å². The number of nitrogens with zero attached hydrogens (tertiary/aromatic N) is 1. The number of carbonyl (C=O) groups is 1. The molecule has 0 spiro atoms. The number of aromatic amines is 1. The van der Waals surface area contributed by atoms with E-state index in [2.05, 4.69) is 29.1 Å². The van der Waals surface area contributed by atoms with Crippen molar-refractivity contribution >= 4 is 35.2 Å². The van der Waals surface area contributed by atoms with E-state index in [0.29, 0.717) is 16.0 Å². The van der Waals surface area contributed by atoms with Gasteiger partial charge in [0.15, 0.2) is 0 Å². The van der Waals surface area contributed by atoms with Crippen LogP contribution in [0.5, 0.6) is 0 Å². The van der Waals surface area contributed by atoms with Crippen molar-refractivity contribution in [1.82, 2.24) is 9.97 Å². The van der Waals surface area contributed by atoms with E-state index >= 15 is 0 Å². The molecule has 0 radical (unpaired) electrons. The van der Waals surface area contributed by atoms with Crippen LogP contribution in [0.2, 0.25) is 10.0 Å². The van der Waals surface area contributed by atoms with Gasteiger partial charge in [0.05, 0.1) is 5.69 Å². The van der Waals surface area contributed by atoms with Crippen LogP contribution in [0.4, 0.5) is 10.7 Å².